The predicted molar refractivity (Wildman–Crippen MR) is 119 cm³/mol. The van der Waals surface area contributed by atoms with Gasteiger partial charge in [0, 0.05) is 5.69 Å². The lowest BCUT2D eigenvalue weighted by Gasteiger charge is -2.13. The number of hydrogen-bond donors (Lipinski definition) is 2. The van der Waals surface area contributed by atoms with Gasteiger partial charge in [-0.1, -0.05) is 42.5 Å². The normalized spacial score (nSPS) is 14.5. The van der Waals surface area contributed by atoms with Gasteiger partial charge in [-0.2, -0.15) is 0 Å². The van der Waals surface area contributed by atoms with E-state index < -0.39 is 16.0 Å². The topological polar surface area (TPSA) is 83.5 Å². The van der Waals surface area contributed by atoms with Crippen LogP contribution in [0.3, 0.4) is 0 Å². The second kappa shape index (κ2) is 7.80. The second-order valence-corrected chi connectivity index (χ2v) is 9.14. The summed E-state index contributed by atoms with van der Waals surface area (Å²) in [5.41, 5.74) is 6.89. The van der Waals surface area contributed by atoms with Crippen LogP contribution in [0.4, 0.5) is 5.69 Å². The lowest BCUT2D eigenvalue weighted by atomic mass is 9.91. The standard InChI is InChI=1S/C24H21NO4S/c1-30(28,29)25-20-7-4-5-16(13-20)14-23-21-8-3-2-6-17(21)9-10-18-15-19(24(26)27)11-12-22(18)23/h2-8,11-15,25H,9-10H2,1H3,(H,26,27)/b23-14+. The molecule has 0 radical (unpaired) electrons. The van der Waals surface area contributed by atoms with Crippen LogP contribution in [-0.4, -0.2) is 25.7 Å². The Morgan fingerprint density at radius 1 is 0.933 bits per heavy atom. The third-order valence-corrected chi connectivity index (χ3v) is 5.72. The summed E-state index contributed by atoms with van der Waals surface area (Å²) in [6.45, 7) is 0. The molecule has 0 atom stereocenters. The summed E-state index contributed by atoms with van der Waals surface area (Å²) in [5.74, 6) is -0.940. The van der Waals surface area contributed by atoms with Gasteiger partial charge in [-0.15, -0.1) is 0 Å². The molecule has 2 N–H and O–H groups in total. The Balaban J connectivity index is 1.88. The number of anilines is 1. The van der Waals surface area contributed by atoms with Gasteiger partial charge in [-0.05, 0) is 76.6 Å². The predicted octanol–water partition coefficient (Wildman–Crippen LogP) is 4.44. The Kier molecular flexibility index (Phi) is 5.18. The number of carbonyl (C=O) groups is 1. The van der Waals surface area contributed by atoms with Crippen LogP contribution in [0.1, 0.15) is 38.2 Å². The number of rotatable bonds is 4. The zero-order chi connectivity index (χ0) is 21.3. The highest BCUT2D eigenvalue weighted by Crippen LogP contribution is 2.35. The largest absolute Gasteiger partial charge is 0.478 e. The maximum Gasteiger partial charge on any atom is 0.335 e. The molecule has 1 aliphatic carbocycles. The van der Waals surface area contributed by atoms with E-state index in [0.717, 1.165) is 46.9 Å². The van der Waals surface area contributed by atoms with E-state index in [9.17, 15) is 18.3 Å². The van der Waals surface area contributed by atoms with Crippen LogP contribution in [-0.2, 0) is 22.9 Å². The van der Waals surface area contributed by atoms with E-state index in [1.165, 1.54) is 5.56 Å². The van der Waals surface area contributed by atoms with Crippen molar-refractivity contribution in [1.29, 1.82) is 0 Å². The molecule has 3 aromatic carbocycles. The van der Waals surface area contributed by atoms with E-state index in [0.29, 0.717) is 5.69 Å². The number of hydrogen-bond acceptors (Lipinski definition) is 3. The Morgan fingerprint density at radius 2 is 1.67 bits per heavy atom. The summed E-state index contributed by atoms with van der Waals surface area (Å²) < 4.78 is 25.7. The third-order valence-electron chi connectivity index (χ3n) is 5.11. The maximum absolute atomic E-state index is 11.6. The molecule has 4 rings (SSSR count). The van der Waals surface area contributed by atoms with Crippen molar-refractivity contribution in [3.05, 3.63) is 100 Å². The summed E-state index contributed by atoms with van der Waals surface area (Å²) in [5, 5.41) is 9.38. The first-order chi connectivity index (χ1) is 14.3. The zero-order valence-electron chi connectivity index (χ0n) is 16.4. The smallest absolute Gasteiger partial charge is 0.335 e. The van der Waals surface area contributed by atoms with Crippen LogP contribution in [0.2, 0.25) is 0 Å². The van der Waals surface area contributed by atoms with Crippen LogP contribution >= 0.6 is 0 Å². The van der Waals surface area contributed by atoms with E-state index in [4.69, 9.17) is 0 Å². The fraction of sp³-hybridized carbons (Fsp3) is 0.125. The minimum absolute atomic E-state index is 0.276. The van der Waals surface area contributed by atoms with Crippen LogP contribution in [0.15, 0.2) is 66.7 Å². The second-order valence-electron chi connectivity index (χ2n) is 7.39. The average Bonchev–Trinajstić information content (AvgIpc) is 2.84. The van der Waals surface area contributed by atoms with Crippen LogP contribution in [0.25, 0.3) is 11.6 Å². The van der Waals surface area contributed by atoms with Crippen molar-refractivity contribution in [2.24, 2.45) is 0 Å². The van der Waals surface area contributed by atoms with Crippen molar-refractivity contribution in [1.82, 2.24) is 0 Å². The van der Waals surface area contributed by atoms with Crippen molar-refractivity contribution in [3.63, 3.8) is 0 Å². The Labute approximate surface area is 175 Å². The highest BCUT2D eigenvalue weighted by Gasteiger charge is 2.19. The van der Waals surface area contributed by atoms with E-state index in [-0.39, 0.29) is 5.56 Å². The number of fused-ring (bicyclic) bond motifs is 2. The van der Waals surface area contributed by atoms with Crippen molar-refractivity contribution in [2.75, 3.05) is 11.0 Å². The van der Waals surface area contributed by atoms with Crippen LogP contribution in [0.5, 0.6) is 0 Å². The summed E-state index contributed by atoms with van der Waals surface area (Å²) in [6.07, 6.45) is 4.71. The fourth-order valence-corrected chi connectivity index (χ4v) is 4.40. The summed E-state index contributed by atoms with van der Waals surface area (Å²) >= 11 is 0. The SMILES string of the molecule is CS(=O)(=O)Nc1cccc(/C=C2\c3ccccc3CCc3cc(C(=O)O)ccc32)c1. The summed E-state index contributed by atoms with van der Waals surface area (Å²) in [4.78, 5) is 11.4. The van der Waals surface area contributed by atoms with Gasteiger partial charge in [0.1, 0.15) is 0 Å². The molecule has 152 valence electrons. The van der Waals surface area contributed by atoms with Gasteiger partial charge >= 0.3 is 5.97 Å². The molecule has 0 saturated heterocycles. The number of aryl methyl sites for hydroxylation is 2. The van der Waals surface area contributed by atoms with Crippen molar-refractivity contribution in [3.8, 4) is 0 Å². The molecule has 0 fully saturated rings. The molecular weight excluding hydrogens is 398 g/mol. The van der Waals surface area contributed by atoms with E-state index in [1.54, 1.807) is 30.3 Å². The quantitative estimate of drug-likeness (QED) is 0.655. The highest BCUT2D eigenvalue weighted by atomic mass is 32.2. The Bertz CT molecular complexity index is 1280. The summed E-state index contributed by atoms with van der Waals surface area (Å²) in [6, 6.07) is 20.6. The molecule has 3 aromatic rings. The third kappa shape index (κ3) is 4.28. The molecule has 5 nitrogen and oxygen atoms in total. The van der Waals surface area contributed by atoms with Gasteiger partial charge in [-0.3, -0.25) is 4.72 Å². The minimum atomic E-state index is -3.37. The first-order valence-electron chi connectivity index (χ1n) is 9.54. The molecular formula is C24H21NO4S. The van der Waals surface area contributed by atoms with Gasteiger partial charge in [0.2, 0.25) is 10.0 Å². The highest BCUT2D eigenvalue weighted by molar-refractivity contribution is 7.92. The maximum atomic E-state index is 11.6. The van der Waals surface area contributed by atoms with E-state index >= 15 is 0 Å². The van der Waals surface area contributed by atoms with Crippen LogP contribution in [0, 0.1) is 0 Å². The molecule has 0 aliphatic heterocycles. The number of nitrogens with one attached hydrogen (secondary N) is 1. The molecule has 0 unspecified atom stereocenters. The first-order valence-corrected chi connectivity index (χ1v) is 11.4. The Hall–Kier alpha value is -3.38. The minimum Gasteiger partial charge on any atom is -0.478 e. The first kappa shape index (κ1) is 19.9. The molecule has 0 amide bonds. The molecule has 0 heterocycles. The van der Waals surface area contributed by atoms with E-state index in [1.807, 2.05) is 30.3 Å². The van der Waals surface area contributed by atoms with Gasteiger partial charge in [0.15, 0.2) is 0 Å². The number of sulfonamides is 1. The van der Waals surface area contributed by atoms with Crippen molar-refractivity contribution >= 4 is 33.3 Å². The lowest BCUT2D eigenvalue weighted by molar-refractivity contribution is 0.0696. The van der Waals surface area contributed by atoms with Gasteiger partial charge in [-0.25, -0.2) is 13.2 Å². The molecule has 0 saturated carbocycles. The number of aromatic carboxylic acids is 1. The van der Waals surface area contributed by atoms with Crippen molar-refractivity contribution < 1.29 is 18.3 Å². The van der Waals surface area contributed by atoms with E-state index in [2.05, 4.69) is 16.9 Å². The van der Waals surface area contributed by atoms with Crippen LogP contribution < -0.4 is 4.72 Å². The number of carboxylic acids is 1. The molecule has 0 spiro atoms. The molecule has 1 aliphatic rings. The lowest BCUT2D eigenvalue weighted by Crippen LogP contribution is -2.09. The van der Waals surface area contributed by atoms with Gasteiger partial charge in [0.05, 0.1) is 11.8 Å². The Morgan fingerprint density at radius 3 is 2.43 bits per heavy atom. The van der Waals surface area contributed by atoms with Gasteiger partial charge in [0.25, 0.3) is 0 Å². The summed E-state index contributed by atoms with van der Waals surface area (Å²) in [7, 11) is -3.37. The van der Waals surface area contributed by atoms with Crippen molar-refractivity contribution in [2.45, 2.75) is 12.8 Å². The number of carboxylic acid groups (broad SMARTS) is 1. The van der Waals surface area contributed by atoms with Gasteiger partial charge < -0.3 is 5.11 Å². The molecule has 30 heavy (non-hydrogen) atoms. The monoisotopic (exact) mass is 419 g/mol. The average molecular weight is 420 g/mol. The number of benzene rings is 3. The molecule has 0 bridgehead atoms. The molecule has 6 heteroatoms. The molecule has 0 aromatic heterocycles. The zero-order valence-corrected chi connectivity index (χ0v) is 17.2. The fourth-order valence-electron chi connectivity index (χ4n) is 3.84.